The van der Waals surface area contributed by atoms with Crippen LogP contribution in [0.2, 0.25) is 0 Å². The molecule has 1 N–H and O–H groups in total. The van der Waals surface area contributed by atoms with Gasteiger partial charge >= 0.3 is 0 Å². The summed E-state index contributed by atoms with van der Waals surface area (Å²) in [5.41, 5.74) is 6.12. The first-order valence-corrected chi connectivity index (χ1v) is 19.3. The fourth-order valence-electron chi connectivity index (χ4n) is 7.04. The third-order valence-electron chi connectivity index (χ3n) is 9.64. The van der Waals surface area contributed by atoms with Crippen LogP contribution in [0.4, 0.5) is 0 Å². The molecule has 8 aromatic carbocycles. The van der Waals surface area contributed by atoms with Gasteiger partial charge in [-0.25, -0.2) is 0 Å². The Balaban J connectivity index is 1.29. The summed E-state index contributed by atoms with van der Waals surface area (Å²) >= 11 is 0. The van der Waals surface area contributed by atoms with E-state index in [-0.39, 0.29) is 5.75 Å². The summed E-state index contributed by atoms with van der Waals surface area (Å²) in [4.78, 5) is 0. The fourth-order valence-corrected chi connectivity index (χ4v) is 9.55. The van der Waals surface area contributed by atoms with Gasteiger partial charge in [0.05, 0.1) is 0 Å². The lowest BCUT2D eigenvalue weighted by Crippen LogP contribution is -2.23. The molecule has 0 aromatic heterocycles. The van der Waals surface area contributed by atoms with E-state index in [0.29, 0.717) is 13.2 Å². The van der Waals surface area contributed by atoms with Crippen LogP contribution in [0.1, 0.15) is 22.3 Å². The minimum absolute atomic E-state index is 0.249. The Morgan fingerprint density at radius 2 is 0.981 bits per heavy atom. The van der Waals surface area contributed by atoms with E-state index >= 15 is 0 Å². The molecule has 0 saturated heterocycles. The van der Waals surface area contributed by atoms with E-state index in [1.54, 1.807) is 0 Å². The standard InChI is InChI=1S/C50H39O3P/c1-3-35-13-9-15-37(29-35)33-52-41-19-11-21-43(31-41)54(44-22-12-20-42(32-44)53-34-38-16-10-14-36(4-2)30-38)48-28-26-40-18-6-8-24-46(40)50(48)49-45-23-7-5-17-39(45)25-27-47(49)51/h3-32,51H,1-2,33-34H2. The lowest BCUT2D eigenvalue weighted by atomic mass is 9.93. The van der Waals surface area contributed by atoms with Crippen molar-refractivity contribution >= 4 is 57.5 Å². The summed E-state index contributed by atoms with van der Waals surface area (Å²) in [6, 6.07) is 58.3. The van der Waals surface area contributed by atoms with Crippen molar-refractivity contribution in [2.45, 2.75) is 13.2 Å². The first kappa shape index (κ1) is 34.7. The Bertz CT molecular complexity index is 2540. The third-order valence-corrected chi connectivity index (χ3v) is 12.1. The largest absolute Gasteiger partial charge is 0.507 e. The second kappa shape index (κ2) is 15.7. The number of phenols is 1. The van der Waals surface area contributed by atoms with Gasteiger partial charge in [0.1, 0.15) is 30.5 Å². The van der Waals surface area contributed by atoms with Gasteiger partial charge in [0.25, 0.3) is 0 Å². The number of fused-ring (bicyclic) bond motifs is 2. The molecule has 0 radical (unpaired) electrons. The summed E-state index contributed by atoms with van der Waals surface area (Å²) in [5, 5.41) is 19.4. The van der Waals surface area contributed by atoms with Crippen LogP contribution in [-0.2, 0) is 13.2 Å². The van der Waals surface area contributed by atoms with E-state index in [9.17, 15) is 5.11 Å². The molecule has 0 heterocycles. The summed E-state index contributed by atoms with van der Waals surface area (Å²) in [7, 11) is -1.21. The highest BCUT2D eigenvalue weighted by Gasteiger charge is 2.25. The molecule has 0 saturated carbocycles. The van der Waals surface area contributed by atoms with Gasteiger partial charge in [-0.1, -0.05) is 153 Å². The van der Waals surface area contributed by atoms with E-state index < -0.39 is 7.92 Å². The van der Waals surface area contributed by atoms with Gasteiger partial charge < -0.3 is 14.6 Å². The van der Waals surface area contributed by atoms with Gasteiger partial charge in [-0.2, -0.15) is 0 Å². The zero-order chi connectivity index (χ0) is 36.9. The second-order valence-corrected chi connectivity index (χ2v) is 15.4. The Morgan fingerprint density at radius 3 is 1.54 bits per heavy atom. The highest BCUT2D eigenvalue weighted by atomic mass is 31.1. The minimum atomic E-state index is -1.21. The molecule has 0 spiro atoms. The minimum Gasteiger partial charge on any atom is -0.507 e. The van der Waals surface area contributed by atoms with Crippen molar-refractivity contribution in [2.75, 3.05) is 0 Å². The van der Waals surface area contributed by atoms with Gasteiger partial charge in [0.15, 0.2) is 0 Å². The van der Waals surface area contributed by atoms with Crippen LogP contribution >= 0.6 is 7.92 Å². The van der Waals surface area contributed by atoms with Gasteiger partial charge in [-0.15, -0.1) is 0 Å². The maximum atomic E-state index is 11.7. The quantitative estimate of drug-likeness (QED) is 0.128. The van der Waals surface area contributed by atoms with Crippen molar-refractivity contribution in [2.24, 2.45) is 0 Å². The van der Waals surface area contributed by atoms with Crippen LogP contribution in [0.15, 0.2) is 183 Å². The molecule has 0 aliphatic heterocycles. The van der Waals surface area contributed by atoms with Crippen molar-refractivity contribution in [1.82, 2.24) is 0 Å². The fraction of sp³-hybridized carbons (Fsp3) is 0.0400. The van der Waals surface area contributed by atoms with Crippen LogP contribution in [0.3, 0.4) is 0 Å². The summed E-state index contributed by atoms with van der Waals surface area (Å²) < 4.78 is 12.9. The second-order valence-electron chi connectivity index (χ2n) is 13.2. The third kappa shape index (κ3) is 7.28. The number of benzene rings is 8. The molecule has 54 heavy (non-hydrogen) atoms. The predicted molar refractivity (Wildman–Crippen MR) is 229 cm³/mol. The Morgan fingerprint density at radius 1 is 0.481 bits per heavy atom. The molecule has 0 aliphatic carbocycles. The number of phenolic OH excluding ortho intramolecular Hbond substituents is 1. The molecule has 0 aliphatic rings. The van der Waals surface area contributed by atoms with E-state index in [1.807, 2.05) is 72.8 Å². The number of hydrogen-bond acceptors (Lipinski definition) is 3. The van der Waals surface area contributed by atoms with Crippen molar-refractivity contribution in [3.63, 3.8) is 0 Å². The molecule has 0 bridgehead atoms. The number of rotatable bonds is 12. The molecular formula is C50H39O3P. The average molecular weight is 719 g/mol. The van der Waals surface area contributed by atoms with Gasteiger partial charge in [-0.05, 0) is 110 Å². The summed E-state index contributed by atoms with van der Waals surface area (Å²) in [6.45, 7) is 8.71. The molecule has 0 amide bonds. The Kier molecular flexibility index (Phi) is 10.1. The molecule has 4 heteroatoms. The van der Waals surface area contributed by atoms with Crippen LogP contribution in [0.25, 0.3) is 44.8 Å². The zero-order valence-corrected chi connectivity index (χ0v) is 30.8. The molecule has 3 nitrogen and oxygen atoms in total. The molecule has 8 aromatic rings. The predicted octanol–water partition coefficient (Wildman–Crippen LogP) is 11.6. The highest BCUT2D eigenvalue weighted by molar-refractivity contribution is 7.80. The molecule has 8 rings (SSSR count). The van der Waals surface area contributed by atoms with E-state index in [4.69, 9.17) is 9.47 Å². The number of aromatic hydroxyl groups is 1. The first-order valence-electron chi connectivity index (χ1n) is 18.0. The average Bonchev–Trinajstić information content (AvgIpc) is 3.23. The van der Waals surface area contributed by atoms with Crippen molar-refractivity contribution < 1.29 is 14.6 Å². The first-order chi connectivity index (χ1) is 26.6. The smallest absolute Gasteiger partial charge is 0.124 e. The SMILES string of the molecule is C=Cc1cccc(COc2cccc(P(c3cccc(OCc4cccc(C=C)c4)c3)c3ccc4ccccc4c3-c3c(O)ccc4ccccc34)c2)c1. The van der Waals surface area contributed by atoms with Crippen molar-refractivity contribution in [1.29, 1.82) is 0 Å². The normalized spacial score (nSPS) is 11.1. The Labute approximate surface area is 317 Å². The lowest BCUT2D eigenvalue weighted by Gasteiger charge is -2.25. The van der Waals surface area contributed by atoms with Crippen LogP contribution in [0, 0.1) is 0 Å². The number of ether oxygens (including phenoxy) is 2. The van der Waals surface area contributed by atoms with Crippen LogP contribution in [0.5, 0.6) is 17.2 Å². The summed E-state index contributed by atoms with van der Waals surface area (Å²) in [5.74, 6) is 1.82. The summed E-state index contributed by atoms with van der Waals surface area (Å²) in [6.07, 6.45) is 3.70. The number of hydrogen-bond donors (Lipinski definition) is 1. The molecule has 0 fully saturated rings. The monoisotopic (exact) mass is 718 g/mol. The van der Waals surface area contributed by atoms with Crippen molar-refractivity contribution in [3.8, 4) is 28.4 Å². The zero-order valence-electron chi connectivity index (χ0n) is 29.9. The lowest BCUT2D eigenvalue weighted by molar-refractivity contribution is 0.306. The van der Waals surface area contributed by atoms with Crippen LogP contribution in [-0.4, -0.2) is 5.11 Å². The molecule has 0 unspecified atom stereocenters. The maximum Gasteiger partial charge on any atom is 0.124 e. The van der Waals surface area contributed by atoms with Gasteiger partial charge in [0, 0.05) is 11.1 Å². The van der Waals surface area contributed by atoms with E-state index in [0.717, 1.165) is 82.3 Å². The van der Waals surface area contributed by atoms with Gasteiger partial charge in [-0.3, -0.25) is 0 Å². The maximum absolute atomic E-state index is 11.7. The van der Waals surface area contributed by atoms with Crippen LogP contribution < -0.4 is 25.4 Å². The highest BCUT2D eigenvalue weighted by Crippen LogP contribution is 2.45. The van der Waals surface area contributed by atoms with Gasteiger partial charge in [0.2, 0.25) is 0 Å². The molecular weight excluding hydrogens is 680 g/mol. The van der Waals surface area contributed by atoms with E-state index in [1.165, 1.54) is 0 Å². The van der Waals surface area contributed by atoms with Crippen molar-refractivity contribution in [3.05, 3.63) is 205 Å². The molecule has 262 valence electrons. The topological polar surface area (TPSA) is 38.7 Å². The molecule has 0 atom stereocenters. The Hall–Kier alpha value is -6.41. The van der Waals surface area contributed by atoms with E-state index in [2.05, 4.69) is 122 Å².